The number of anilines is 1. The van der Waals surface area contributed by atoms with Crippen molar-refractivity contribution in [1.82, 2.24) is 5.32 Å². The van der Waals surface area contributed by atoms with E-state index in [1.165, 1.54) is 24.3 Å². The van der Waals surface area contributed by atoms with Crippen LogP contribution in [0.4, 0.5) is 16.2 Å². The molecule has 2 amide bonds. The number of urea groups is 1. The Labute approximate surface area is 105 Å². The summed E-state index contributed by atoms with van der Waals surface area (Å²) in [5.41, 5.74) is 0.431. The lowest BCUT2D eigenvalue weighted by molar-refractivity contribution is -0.384. The van der Waals surface area contributed by atoms with E-state index in [0.717, 1.165) is 0 Å². The molecule has 0 spiro atoms. The third-order valence-corrected chi connectivity index (χ3v) is 2.25. The zero-order chi connectivity index (χ0) is 13.5. The molecule has 0 fully saturated rings. The number of nitro benzene ring substituents is 1. The fourth-order valence-electron chi connectivity index (χ4n) is 1.25. The SMILES string of the molecule is C#CC(CC)NC(=O)Nc1ccc([N+](=O)[O-])cc1. The first-order valence-corrected chi connectivity index (χ1v) is 5.35. The fourth-order valence-corrected chi connectivity index (χ4v) is 1.25. The molecule has 1 atom stereocenters. The van der Waals surface area contributed by atoms with Crippen LogP contribution in [0.1, 0.15) is 13.3 Å². The number of nitro groups is 1. The summed E-state index contributed by atoms with van der Waals surface area (Å²) in [5, 5.41) is 15.6. The van der Waals surface area contributed by atoms with Crippen molar-refractivity contribution < 1.29 is 9.72 Å². The number of carbonyl (C=O) groups excluding carboxylic acids is 1. The topological polar surface area (TPSA) is 84.3 Å². The minimum absolute atomic E-state index is 0.0315. The summed E-state index contributed by atoms with van der Waals surface area (Å²) >= 11 is 0. The van der Waals surface area contributed by atoms with Crippen LogP contribution in [-0.2, 0) is 0 Å². The number of nitrogens with one attached hydrogen (secondary N) is 2. The highest BCUT2D eigenvalue weighted by molar-refractivity contribution is 5.89. The summed E-state index contributed by atoms with van der Waals surface area (Å²) in [4.78, 5) is 21.4. The van der Waals surface area contributed by atoms with Crippen LogP contribution in [0.3, 0.4) is 0 Å². The van der Waals surface area contributed by atoms with Gasteiger partial charge < -0.3 is 10.6 Å². The van der Waals surface area contributed by atoms with Crippen molar-refractivity contribution in [1.29, 1.82) is 0 Å². The highest BCUT2D eigenvalue weighted by Gasteiger charge is 2.08. The van der Waals surface area contributed by atoms with Gasteiger partial charge in [0.2, 0.25) is 0 Å². The molecule has 1 aromatic carbocycles. The van der Waals surface area contributed by atoms with Crippen LogP contribution in [-0.4, -0.2) is 17.0 Å². The second kappa shape index (κ2) is 6.25. The molecule has 0 aliphatic carbocycles. The average Bonchev–Trinajstić information content (AvgIpc) is 2.36. The number of carbonyl (C=O) groups is 1. The third-order valence-electron chi connectivity index (χ3n) is 2.25. The molecule has 0 aliphatic heterocycles. The van der Waals surface area contributed by atoms with Crippen molar-refractivity contribution >= 4 is 17.4 Å². The Kier molecular flexibility index (Phi) is 4.69. The summed E-state index contributed by atoms with van der Waals surface area (Å²) in [6, 6.07) is 4.77. The molecular weight excluding hydrogens is 234 g/mol. The number of non-ortho nitro benzene ring substituents is 1. The smallest absolute Gasteiger partial charge is 0.320 e. The van der Waals surface area contributed by atoms with Gasteiger partial charge in [-0.15, -0.1) is 6.42 Å². The van der Waals surface area contributed by atoms with Crippen molar-refractivity contribution in [3.8, 4) is 12.3 Å². The van der Waals surface area contributed by atoms with E-state index in [4.69, 9.17) is 6.42 Å². The predicted molar refractivity (Wildman–Crippen MR) is 68.2 cm³/mol. The van der Waals surface area contributed by atoms with Crippen molar-refractivity contribution in [2.45, 2.75) is 19.4 Å². The van der Waals surface area contributed by atoms with Crippen LogP contribution in [0.5, 0.6) is 0 Å². The molecule has 1 unspecified atom stereocenters. The molecule has 6 heteroatoms. The van der Waals surface area contributed by atoms with Crippen molar-refractivity contribution in [3.63, 3.8) is 0 Å². The third kappa shape index (κ3) is 3.79. The summed E-state index contributed by atoms with van der Waals surface area (Å²) in [6.45, 7) is 1.86. The minimum atomic E-state index is -0.505. The first-order valence-electron chi connectivity index (χ1n) is 5.35. The Bertz CT molecular complexity index is 476. The van der Waals surface area contributed by atoms with Gasteiger partial charge in [-0.1, -0.05) is 12.8 Å². The molecule has 0 saturated heterocycles. The predicted octanol–water partition coefficient (Wildman–Crippen LogP) is 2.13. The van der Waals surface area contributed by atoms with Gasteiger partial charge in [-0.05, 0) is 18.6 Å². The quantitative estimate of drug-likeness (QED) is 0.485. The molecule has 1 aromatic rings. The van der Waals surface area contributed by atoms with Crippen molar-refractivity contribution in [2.75, 3.05) is 5.32 Å². The Balaban J connectivity index is 2.60. The van der Waals surface area contributed by atoms with Crippen molar-refractivity contribution in [3.05, 3.63) is 34.4 Å². The van der Waals surface area contributed by atoms with Gasteiger partial charge in [0.25, 0.3) is 5.69 Å². The van der Waals surface area contributed by atoms with E-state index < -0.39 is 11.0 Å². The number of nitrogens with zero attached hydrogens (tertiary/aromatic N) is 1. The second-order valence-electron chi connectivity index (χ2n) is 3.53. The largest absolute Gasteiger partial charge is 0.324 e. The van der Waals surface area contributed by atoms with Gasteiger partial charge >= 0.3 is 6.03 Å². The summed E-state index contributed by atoms with van der Waals surface area (Å²) in [6.07, 6.45) is 5.84. The molecule has 0 aliphatic rings. The first kappa shape index (κ1) is 13.5. The number of amides is 2. The van der Waals surface area contributed by atoms with E-state index in [1.54, 1.807) is 0 Å². The monoisotopic (exact) mass is 247 g/mol. The molecule has 0 aromatic heterocycles. The van der Waals surface area contributed by atoms with E-state index in [-0.39, 0.29) is 11.7 Å². The van der Waals surface area contributed by atoms with Crippen LogP contribution >= 0.6 is 0 Å². The molecule has 6 nitrogen and oxygen atoms in total. The van der Waals surface area contributed by atoms with Crippen LogP contribution in [0.25, 0.3) is 0 Å². The summed E-state index contributed by atoms with van der Waals surface area (Å²) in [5.74, 6) is 2.43. The highest BCUT2D eigenvalue weighted by Crippen LogP contribution is 2.15. The maximum atomic E-state index is 11.5. The molecular formula is C12H13N3O3. The van der Waals surface area contributed by atoms with Gasteiger partial charge in [0, 0.05) is 17.8 Å². The summed E-state index contributed by atoms with van der Waals surface area (Å²) in [7, 11) is 0. The molecule has 18 heavy (non-hydrogen) atoms. The van der Waals surface area contributed by atoms with E-state index in [0.29, 0.717) is 12.1 Å². The zero-order valence-corrected chi connectivity index (χ0v) is 9.84. The van der Waals surface area contributed by atoms with E-state index in [2.05, 4.69) is 16.6 Å². The van der Waals surface area contributed by atoms with E-state index in [9.17, 15) is 14.9 Å². The van der Waals surface area contributed by atoms with Gasteiger partial charge in [0.05, 0.1) is 11.0 Å². The Morgan fingerprint density at radius 2 is 2.11 bits per heavy atom. The molecule has 2 N–H and O–H groups in total. The number of rotatable bonds is 4. The van der Waals surface area contributed by atoms with Gasteiger partial charge in [0.15, 0.2) is 0 Å². The lowest BCUT2D eigenvalue weighted by Gasteiger charge is -2.11. The standard InChI is InChI=1S/C12H13N3O3/c1-3-9(4-2)13-12(16)14-10-5-7-11(8-6-10)15(17)18/h1,5-9H,4H2,2H3,(H2,13,14,16). The zero-order valence-electron chi connectivity index (χ0n) is 9.84. The van der Waals surface area contributed by atoms with Crippen LogP contribution in [0, 0.1) is 22.5 Å². The maximum absolute atomic E-state index is 11.5. The average molecular weight is 247 g/mol. The Hall–Kier alpha value is -2.55. The number of terminal acetylenes is 1. The number of benzene rings is 1. The normalized spacial score (nSPS) is 11.1. The van der Waals surface area contributed by atoms with Crippen molar-refractivity contribution in [2.24, 2.45) is 0 Å². The molecule has 0 saturated carbocycles. The van der Waals surface area contributed by atoms with Crippen LogP contribution < -0.4 is 10.6 Å². The first-order chi connectivity index (χ1) is 8.56. The lowest BCUT2D eigenvalue weighted by atomic mass is 10.2. The maximum Gasteiger partial charge on any atom is 0.320 e. The Morgan fingerprint density at radius 3 is 2.56 bits per heavy atom. The van der Waals surface area contributed by atoms with Gasteiger partial charge in [-0.25, -0.2) is 4.79 Å². The molecule has 0 heterocycles. The number of hydrogen-bond acceptors (Lipinski definition) is 3. The van der Waals surface area contributed by atoms with Gasteiger partial charge in [-0.2, -0.15) is 0 Å². The van der Waals surface area contributed by atoms with E-state index >= 15 is 0 Å². The Morgan fingerprint density at radius 1 is 1.50 bits per heavy atom. The van der Waals surface area contributed by atoms with E-state index in [1.807, 2.05) is 6.92 Å². The number of hydrogen-bond donors (Lipinski definition) is 2. The lowest BCUT2D eigenvalue weighted by Crippen LogP contribution is -2.36. The van der Waals surface area contributed by atoms with Gasteiger partial charge in [0.1, 0.15) is 0 Å². The van der Waals surface area contributed by atoms with Gasteiger partial charge in [-0.3, -0.25) is 10.1 Å². The molecule has 0 radical (unpaired) electrons. The van der Waals surface area contributed by atoms with Crippen LogP contribution in [0.2, 0.25) is 0 Å². The minimum Gasteiger partial charge on any atom is -0.324 e. The van der Waals surface area contributed by atoms with Crippen LogP contribution in [0.15, 0.2) is 24.3 Å². The molecule has 1 rings (SSSR count). The second-order valence-corrected chi connectivity index (χ2v) is 3.53. The molecule has 94 valence electrons. The fraction of sp³-hybridized carbons (Fsp3) is 0.250. The summed E-state index contributed by atoms with van der Waals surface area (Å²) < 4.78 is 0. The highest BCUT2D eigenvalue weighted by atomic mass is 16.6. The molecule has 0 bridgehead atoms.